The lowest BCUT2D eigenvalue weighted by molar-refractivity contribution is -0.137. The molecule has 0 spiro atoms. The summed E-state index contributed by atoms with van der Waals surface area (Å²) >= 11 is 0. The van der Waals surface area contributed by atoms with Gasteiger partial charge < -0.3 is 14.5 Å². The first-order chi connectivity index (χ1) is 10.9. The number of carbonyl (C=O) groups is 2. The van der Waals surface area contributed by atoms with E-state index in [1.807, 2.05) is 13.8 Å². The summed E-state index contributed by atoms with van der Waals surface area (Å²) < 4.78 is 29.7. The van der Waals surface area contributed by atoms with E-state index in [0.29, 0.717) is 19.5 Å². The van der Waals surface area contributed by atoms with Crippen LogP contribution in [0, 0.1) is 5.92 Å². The first-order valence-corrected chi connectivity index (χ1v) is 10.2. The first-order valence-electron chi connectivity index (χ1n) is 8.39. The molecule has 0 aromatic heterocycles. The highest BCUT2D eigenvalue weighted by molar-refractivity contribution is 7.91. The summed E-state index contributed by atoms with van der Waals surface area (Å²) in [5.74, 6) is -0.0258. The van der Waals surface area contributed by atoms with Crippen molar-refractivity contribution >= 4 is 21.8 Å². The van der Waals surface area contributed by atoms with Crippen molar-refractivity contribution < 1.29 is 22.7 Å². The monoisotopic (exact) mass is 360 g/mol. The fraction of sp³-hybridized carbons (Fsp3) is 0.875. The zero-order valence-corrected chi connectivity index (χ0v) is 15.9. The average Bonchev–Trinajstić information content (AvgIpc) is 2.68. The molecular weight excluding hydrogens is 332 g/mol. The fourth-order valence-electron chi connectivity index (χ4n) is 3.28. The van der Waals surface area contributed by atoms with E-state index in [2.05, 4.69) is 0 Å². The Labute approximate surface area is 144 Å². The zero-order valence-electron chi connectivity index (χ0n) is 15.1. The third kappa shape index (κ3) is 4.40. The summed E-state index contributed by atoms with van der Waals surface area (Å²) in [6.07, 6.45) is -0.124. The molecule has 2 aliphatic rings. The molecule has 0 radical (unpaired) electrons. The number of carbonyl (C=O) groups excluding carboxylic acids is 2. The summed E-state index contributed by atoms with van der Waals surface area (Å²) in [6.45, 7) is 9.88. The van der Waals surface area contributed by atoms with Gasteiger partial charge in [0, 0.05) is 19.5 Å². The molecule has 2 rings (SSSR count). The Morgan fingerprint density at radius 1 is 1.08 bits per heavy atom. The number of fused-ring (bicyclic) bond motifs is 1. The van der Waals surface area contributed by atoms with Crippen LogP contribution >= 0.6 is 0 Å². The highest BCUT2D eigenvalue weighted by atomic mass is 32.2. The fourth-order valence-corrected chi connectivity index (χ4v) is 5.26. The predicted octanol–water partition coefficient (Wildman–Crippen LogP) is 1.28. The molecule has 7 nitrogen and oxygen atoms in total. The molecule has 8 heteroatoms. The van der Waals surface area contributed by atoms with Crippen molar-refractivity contribution in [1.82, 2.24) is 9.80 Å². The Bertz CT molecular complexity index is 608. The second-order valence-corrected chi connectivity index (χ2v) is 10.2. The van der Waals surface area contributed by atoms with Gasteiger partial charge in [-0.2, -0.15) is 0 Å². The largest absolute Gasteiger partial charge is 0.444 e. The normalized spacial score (nSPS) is 26.4. The Kier molecular flexibility index (Phi) is 5.18. The Balaban J connectivity index is 2.21. The molecule has 2 amide bonds. The van der Waals surface area contributed by atoms with Gasteiger partial charge in [-0.3, -0.25) is 4.79 Å². The van der Waals surface area contributed by atoms with E-state index >= 15 is 0 Å². The second-order valence-electron chi connectivity index (χ2n) is 8.07. The molecule has 138 valence electrons. The van der Waals surface area contributed by atoms with Crippen molar-refractivity contribution in [2.45, 2.75) is 58.7 Å². The number of amides is 2. The van der Waals surface area contributed by atoms with Crippen molar-refractivity contribution in [3.05, 3.63) is 0 Å². The number of nitrogens with zero attached hydrogens (tertiary/aromatic N) is 2. The third-order valence-corrected chi connectivity index (χ3v) is 5.91. The van der Waals surface area contributed by atoms with E-state index in [0.717, 1.165) is 0 Å². The van der Waals surface area contributed by atoms with Crippen LogP contribution in [0.5, 0.6) is 0 Å². The van der Waals surface area contributed by atoms with Gasteiger partial charge in [-0.05, 0) is 26.7 Å². The maximum absolute atomic E-state index is 12.5. The molecule has 2 fully saturated rings. The molecule has 0 aromatic carbocycles. The minimum absolute atomic E-state index is 0.0408. The standard InChI is InChI=1S/C16H28N2O5S/c1-11(2)8-14(19)17-6-7-18(15(20)23-16(3,4)5)13-10-24(21,22)9-12(13)17/h11-13H,6-10H2,1-5H3/t12-,13-/m1/s1. The summed E-state index contributed by atoms with van der Waals surface area (Å²) in [5, 5.41) is 0. The lowest BCUT2D eigenvalue weighted by atomic mass is 10.0. The highest BCUT2D eigenvalue weighted by Gasteiger charge is 2.50. The minimum atomic E-state index is -3.28. The van der Waals surface area contributed by atoms with Gasteiger partial charge in [0.25, 0.3) is 0 Å². The quantitative estimate of drug-likeness (QED) is 0.741. The number of ether oxygens (including phenoxy) is 1. The van der Waals surface area contributed by atoms with Crippen LogP contribution in [-0.4, -0.2) is 72.5 Å². The Hall–Kier alpha value is -1.31. The SMILES string of the molecule is CC(C)CC(=O)N1CCN(C(=O)OC(C)(C)C)[C@@H]2CS(=O)(=O)C[C@H]21. The number of piperazine rings is 1. The van der Waals surface area contributed by atoms with Crippen LogP contribution in [0.15, 0.2) is 0 Å². The lowest BCUT2D eigenvalue weighted by Gasteiger charge is -2.44. The maximum Gasteiger partial charge on any atom is 0.410 e. The number of sulfone groups is 1. The van der Waals surface area contributed by atoms with Gasteiger partial charge in [-0.15, -0.1) is 0 Å². The van der Waals surface area contributed by atoms with Gasteiger partial charge in [-0.1, -0.05) is 13.8 Å². The van der Waals surface area contributed by atoms with Crippen molar-refractivity contribution in [1.29, 1.82) is 0 Å². The molecule has 2 heterocycles. The Morgan fingerprint density at radius 3 is 2.08 bits per heavy atom. The smallest absolute Gasteiger partial charge is 0.410 e. The third-order valence-electron chi connectivity index (χ3n) is 4.21. The zero-order chi connectivity index (χ0) is 18.3. The molecule has 2 aliphatic heterocycles. The average molecular weight is 360 g/mol. The van der Waals surface area contributed by atoms with Crippen LogP contribution in [0.3, 0.4) is 0 Å². The summed E-state index contributed by atoms with van der Waals surface area (Å²) in [7, 11) is -3.28. The van der Waals surface area contributed by atoms with E-state index in [-0.39, 0.29) is 23.3 Å². The Morgan fingerprint density at radius 2 is 1.58 bits per heavy atom. The van der Waals surface area contributed by atoms with Crippen molar-refractivity contribution in [2.75, 3.05) is 24.6 Å². The summed E-state index contributed by atoms with van der Waals surface area (Å²) in [5.41, 5.74) is -0.644. The van der Waals surface area contributed by atoms with Gasteiger partial charge in [0.2, 0.25) is 5.91 Å². The molecule has 0 bridgehead atoms. The van der Waals surface area contributed by atoms with Crippen LogP contribution in [0.25, 0.3) is 0 Å². The van der Waals surface area contributed by atoms with E-state index in [4.69, 9.17) is 4.74 Å². The van der Waals surface area contributed by atoms with Crippen LogP contribution in [0.2, 0.25) is 0 Å². The van der Waals surface area contributed by atoms with Crippen LogP contribution in [0.4, 0.5) is 4.79 Å². The lowest BCUT2D eigenvalue weighted by Crippen LogP contribution is -2.62. The number of hydrogen-bond donors (Lipinski definition) is 0. The second kappa shape index (κ2) is 6.54. The first kappa shape index (κ1) is 19.0. The van der Waals surface area contributed by atoms with E-state index < -0.39 is 33.6 Å². The van der Waals surface area contributed by atoms with Crippen LogP contribution < -0.4 is 0 Å². The molecule has 2 saturated heterocycles. The number of hydrogen-bond acceptors (Lipinski definition) is 5. The number of rotatable bonds is 2. The van der Waals surface area contributed by atoms with Gasteiger partial charge in [0.05, 0.1) is 23.6 Å². The van der Waals surface area contributed by atoms with Crippen LogP contribution in [-0.2, 0) is 19.4 Å². The van der Waals surface area contributed by atoms with E-state index in [9.17, 15) is 18.0 Å². The van der Waals surface area contributed by atoms with E-state index in [1.165, 1.54) is 4.90 Å². The van der Waals surface area contributed by atoms with Gasteiger partial charge in [-0.25, -0.2) is 13.2 Å². The molecule has 0 N–H and O–H groups in total. The molecule has 0 aliphatic carbocycles. The van der Waals surface area contributed by atoms with Gasteiger partial charge in [0.1, 0.15) is 5.60 Å². The molecule has 24 heavy (non-hydrogen) atoms. The molecule has 0 saturated carbocycles. The summed E-state index contributed by atoms with van der Waals surface area (Å²) in [4.78, 5) is 28.0. The molecule has 2 atom stereocenters. The molecular formula is C16H28N2O5S. The van der Waals surface area contributed by atoms with Crippen molar-refractivity contribution in [2.24, 2.45) is 5.92 Å². The maximum atomic E-state index is 12.5. The van der Waals surface area contributed by atoms with E-state index in [1.54, 1.807) is 25.7 Å². The van der Waals surface area contributed by atoms with Gasteiger partial charge >= 0.3 is 6.09 Å². The van der Waals surface area contributed by atoms with Crippen molar-refractivity contribution in [3.8, 4) is 0 Å². The molecule has 0 aromatic rings. The minimum Gasteiger partial charge on any atom is -0.444 e. The van der Waals surface area contributed by atoms with Crippen LogP contribution in [0.1, 0.15) is 41.0 Å². The van der Waals surface area contributed by atoms with Gasteiger partial charge in [0.15, 0.2) is 9.84 Å². The summed E-state index contributed by atoms with van der Waals surface area (Å²) in [6, 6.07) is -0.989. The topological polar surface area (TPSA) is 84.0 Å². The predicted molar refractivity (Wildman–Crippen MR) is 90.3 cm³/mol. The highest BCUT2D eigenvalue weighted by Crippen LogP contribution is 2.29. The molecule has 0 unspecified atom stereocenters. The van der Waals surface area contributed by atoms with Crippen molar-refractivity contribution in [3.63, 3.8) is 0 Å².